The lowest BCUT2D eigenvalue weighted by Crippen LogP contribution is -2.47. The minimum absolute atomic E-state index is 0. The molecule has 1 aliphatic rings. The molecule has 0 aromatic heterocycles. The first-order valence-electron chi connectivity index (χ1n) is 7.75. The zero-order valence-corrected chi connectivity index (χ0v) is 15.4. The summed E-state index contributed by atoms with van der Waals surface area (Å²) < 4.78 is 5.63. The van der Waals surface area contributed by atoms with Gasteiger partial charge in [-0.15, -0.1) is 24.8 Å². The van der Waals surface area contributed by atoms with Gasteiger partial charge in [0.2, 0.25) is 0 Å². The monoisotopic (exact) mass is 383 g/mol. The van der Waals surface area contributed by atoms with Gasteiger partial charge in [0.1, 0.15) is 6.10 Å². The summed E-state index contributed by atoms with van der Waals surface area (Å²) in [4.78, 5) is 14.6. The quantitative estimate of drug-likeness (QED) is 0.796. The predicted molar refractivity (Wildman–Crippen MR) is 105 cm³/mol. The number of benzene rings is 2. The molecule has 1 unspecified atom stereocenters. The Labute approximate surface area is 160 Å². The van der Waals surface area contributed by atoms with Crippen molar-refractivity contribution in [2.24, 2.45) is 0 Å². The molecule has 25 heavy (non-hydrogen) atoms. The van der Waals surface area contributed by atoms with Gasteiger partial charge in [-0.1, -0.05) is 42.5 Å². The van der Waals surface area contributed by atoms with Gasteiger partial charge in [-0.25, -0.2) is 0 Å². The Morgan fingerprint density at radius 1 is 1.12 bits per heavy atom. The first-order chi connectivity index (χ1) is 11.2. The van der Waals surface area contributed by atoms with Crippen LogP contribution in [0.15, 0.2) is 54.6 Å². The molecule has 136 valence electrons. The van der Waals surface area contributed by atoms with Gasteiger partial charge in [0, 0.05) is 19.6 Å². The maximum absolute atomic E-state index is 12.4. The van der Waals surface area contributed by atoms with Crippen LogP contribution in [-0.2, 0) is 16.1 Å². The summed E-state index contributed by atoms with van der Waals surface area (Å²) in [6.07, 6.45) is -0.480. The smallest absolute Gasteiger partial charge is 0.254 e. The Kier molecular flexibility index (Phi) is 8.72. The van der Waals surface area contributed by atoms with Gasteiger partial charge >= 0.3 is 0 Å². The number of nitrogens with two attached hydrogens (primary N) is 1. The zero-order chi connectivity index (χ0) is 16.1. The molecule has 2 aromatic carbocycles. The lowest BCUT2D eigenvalue weighted by Gasteiger charge is -2.32. The Balaban J connectivity index is 0.00000156. The van der Waals surface area contributed by atoms with Crippen molar-refractivity contribution in [3.63, 3.8) is 0 Å². The predicted octanol–water partition coefficient (Wildman–Crippen LogP) is 2.95. The summed E-state index contributed by atoms with van der Waals surface area (Å²) in [6, 6.07) is 17.5. The fourth-order valence-corrected chi connectivity index (χ4v) is 2.67. The normalized spacial score (nSPS) is 17.0. The zero-order valence-electron chi connectivity index (χ0n) is 13.8. The fourth-order valence-electron chi connectivity index (χ4n) is 2.67. The van der Waals surface area contributed by atoms with E-state index in [1.54, 1.807) is 12.1 Å². The molecule has 2 aromatic rings. The van der Waals surface area contributed by atoms with Crippen molar-refractivity contribution in [1.82, 2.24) is 4.90 Å². The van der Waals surface area contributed by atoms with Gasteiger partial charge in [0.25, 0.3) is 5.91 Å². The molecule has 0 radical (unpaired) electrons. The van der Waals surface area contributed by atoms with E-state index in [1.165, 1.54) is 5.56 Å². The van der Waals surface area contributed by atoms with Crippen LogP contribution in [0.4, 0.5) is 11.4 Å². The Morgan fingerprint density at radius 2 is 1.80 bits per heavy atom. The molecule has 0 bridgehead atoms. The van der Waals surface area contributed by atoms with Crippen LogP contribution in [0, 0.1) is 0 Å². The van der Waals surface area contributed by atoms with Gasteiger partial charge in [-0.2, -0.15) is 0 Å². The summed E-state index contributed by atoms with van der Waals surface area (Å²) in [5.41, 5.74) is 8.28. The lowest BCUT2D eigenvalue weighted by atomic mass is 10.2. The number of anilines is 2. The molecule has 3 N–H and O–H groups in total. The molecule has 1 heterocycles. The molecule has 3 rings (SSSR count). The summed E-state index contributed by atoms with van der Waals surface area (Å²) in [6.45, 7) is 2.77. The molecular formula is C18H23Cl2N3O2. The maximum Gasteiger partial charge on any atom is 0.254 e. The summed E-state index contributed by atoms with van der Waals surface area (Å²) >= 11 is 0. The van der Waals surface area contributed by atoms with E-state index < -0.39 is 6.10 Å². The second-order valence-electron chi connectivity index (χ2n) is 5.66. The van der Waals surface area contributed by atoms with E-state index in [2.05, 4.69) is 22.3 Å². The van der Waals surface area contributed by atoms with Gasteiger partial charge in [0.15, 0.2) is 0 Å². The third-order valence-electron chi connectivity index (χ3n) is 3.91. The number of nitrogens with one attached hydrogen (secondary N) is 1. The first-order valence-corrected chi connectivity index (χ1v) is 7.75. The Bertz CT molecular complexity index is 670. The second kappa shape index (κ2) is 10.3. The van der Waals surface area contributed by atoms with E-state index in [9.17, 15) is 4.79 Å². The number of halogens is 2. The second-order valence-corrected chi connectivity index (χ2v) is 5.66. The van der Waals surface area contributed by atoms with Crippen LogP contribution in [0.3, 0.4) is 0 Å². The third kappa shape index (κ3) is 5.90. The molecule has 5 nitrogen and oxygen atoms in total. The number of rotatable bonds is 4. The van der Waals surface area contributed by atoms with E-state index in [1.807, 2.05) is 30.3 Å². The van der Waals surface area contributed by atoms with Crippen molar-refractivity contribution in [2.75, 3.05) is 30.7 Å². The SMILES string of the molecule is Cl.Cl.Nc1ccccc1NC(=O)C1CN(Cc2ccccc2)CCO1. The molecule has 0 spiro atoms. The highest BCUT2D eigenvalue weighted by atomic mass is 35.5. The molecule has 0 aliphatic carbocycles. The number of para-hydroxylation sites is 2. The number of hydrogen-bond acceptors (Lipinski definition) is 4. The van der Waals surface area contributed by atoms with Gasteiger partial charge < -0.3 is 15.8 Å². The molecule has 1 fully saturated rings. The van der Waals surface area contributed by atoms with E-state index in [0.29, 0.717) is 24.5 Å². The molecule has 1 aliphatic heterocycles. The number of nitrogens with zero attached hydrogens (tertiary/aromatic N) is 1. The van der Waals surface area contributed by atoms with E-state index in [4.69, 9.17) is 10.5 Å². The average molecular weight is 384 g/mol. The first kappa shape index (κ1) is 21.3. The summed E-state index contributed by atoms with van der Waals surface area (Å²) in [7, 11) is 0. The van der Waals surface area contributed by atoms with Gasteiger partial charge in [0.05, 0.1) is 18.0 Å². The average Bonchev–Trinajstić information content (AvgIpc) is 2.58. The molecule has 7 heteroatoms. The third-order valence-corrected chi connectivity index (χ3v) is 3.91. The van der Waals surface area contributed by atoms with Crippen LogP contribution in [0.2, 0.25) is 0 Å². The van der Waals surface area contributed by atoms with E-state index in [0.717, 1.165) is 13.1 Å². The number of amides is 1. The van der Waals surface area contributed by atoms with E-state index >= 15 is 0 Å². The minimum atomic E-state index is -0.480. The molecule has 1 saturated heterocycles. The van der Waals surface area contributed by atoms with Crippen molar-refractivity contribution >= 4 is 42.1 Å². The Hall–Kier alpha value is -1.79. The number of carbonyl (C=O) groups is 1. The van der Waals surface area contributed by atoms with Gasteiger partial charge in [-0.3, -0.25) is 9.69 Å². The number of hydrogen-bond donors (Lipinski definition) is 2. The standard InChI is InChI=1S/C18H21N3O2.2ClH/c19-15-8-4-5-9-16(15)20-18(22)17-13-21(10-11-23-17)12-14-6-2-1-3-7-14;;/h1-9,17H,10-13,19H2,(H,20,22);2*1H. The maximum atomic E-state index is 12.4. The van der Waals surface area contributed by atoms with Crippen LogP contribution < -0.4 is 11.1 Å². The molecule has 1 amide bonds. The minimum Gasteiger partial charge on any atom is -0.397 e. The largest absolute Gasteiger partial charge is 0.397 e. The molecular weight excluding hydrogens is 361 g/mol. The van der Waals surface area contributed by atoms with Crippen molar-refractivity contribution in [3.05, 3.63) is 60.2 Å². The van der Waals surface area contributed by atoms with Crippen molar-refractivity contribution in [2.45, 2.75) is 12.6 Å². The van der Waals surface area contributed by atoms with Gasteiger partial charge in [-0.05, 0) is 17.7 Å². The topological polar surface area (TPSA) is 67.6 Å². The highest BCUT2D eigenvalue weighted by molar-refractivity contribution is 5.96. The highest BCUT2D eigenvalue weighted by Crippen LogP contribution is 2.18. The van der Waals surface area contributed by atoms with Crippen molar-refractivity contribution in [1.29, 1.82) is 0 Å². The molecule has 0 saturated carbocycles. The summed E-state index contributed by atoms with van der Waals surface area (Å²) in [5.74, 6) is -0.152. The highest BCUT2D eigenvalue weighted by Gasteiger charge is 2.27. The van der Waals surface area contributed by atoms with Crippen LogP contribution in [0.25, 0.3) is 0 Å². The van der Waals surface area contributed by atoms with E-state index in [-0.39, 0.29) is 30.7 Å². The van der Waals surface area contributed by atoms with Crippen molar-refractivity contribution < 1.29 is 9.53 Å². The van der Waals surface area contributed by atoms with Crippen LogP contribution in [-0.4, -0.2) is 36.6 Å². The van der Waals surface area contributed by atoms with Crippen LogP contribution in [0.1, 0.15) is 5.56 Å². The lowest BCUT2D eigenvalue weighted by molar-refractivity contribution is -0.133. The number of morpholine rings is 1. The summed E-state index contributed by atoms with van der Waals surface area (Å²) in [5, 5.41) is 2.85. The fraction of sp³-hybridized carbons (Fsp3) is 0.278. The number of ether oxygens (including phenoxy) is 1. The molecule has 1 atom stereocenters. The van der Waals surface area contributed by atoms with Crippen molar-refractivity contribution in [3.8, 4) is 0 Å². The van der Waals surface area contributed by atoms with Crippen LogP contribution >= 0.6 is 24.8 Å². The number of nitrogen functional groups attached to an aromatic ring is 1. The number of carbonyl (C=O) groups excluding carboxylic acids is 1. The Morgan fingerprint density at radius 3 is 2.52 bits per heavy atom. The van der Waals surface area contributed by atoms with Crippen LogP contribution in [0.5, 0.6) is 0 Å².